The predicted molar refractivity (Wildman–Crippen MR) is 79.0 cm³/mol. The Kier molecular flexibility index (Phi) is 2.61. The van der Waals surface area contributed by atoms with Gasteiger partial charge in [-0.15, -0.1) is 0 Å². The van der Waals surface area contributed by atoms with Crippen molar-refractivity contribution in [1.29, 1.82) is 0 Å². The maximum Gasteiger partial charge on any atom is 0.273 e. The van der Waals surface area contributed by atoms with E-state index in [2.05, 4.69) is 31.2 Å². The van der Waals surface area contributed by atoms with Crippen LogP contribution in [0.5, 0.6) is 0 Å². The van der Waals surface area contributed by atoms with Crippen LogP contribution in [0.1, 0.15) is 75.0 Å². The van der Waals surface area contributed by atoms with Crippen molar-refractivity contribution >= 4 is 5.91 Å². The number of carbonyl (C=O) groups excluding carboxylic acids is 1. The quantitative estimate of drug-likeness (QED) is 0.926. The Morgan fingerprint density at radius 2 is 2.10 bits per heavy atom. The van der Waals surface area contributed by atoms with Crippen molar-refractivity contribution in [2.45, 2.75) is 64.8 Å². The van der Waals surface area contributed by atoms with Crippen LogP contribution in [0.3, 0.4) is 0 Å². The Morgan fingerprint density at radius 3 is 2.67 bits per heavy atom. The minimum Gasteiger partial charge on any atom is -0.360 e. The van der Waals surface area contributed by atoms with E-state index in [1.807, 2.05) is 6.07 Å². The number of fused-ring (bicyclic) bond motifs is 2. The fraction of sp³-hybridized carbons (Fsp3) is 0.765. The summed E-state index contributed by atoms with van der Waals surface area (Å²) in [4.78, 5) is 12.5. The molecule has 3 aliphatic rings. The number of hydrogen-bond acceptors (Lipinski definition) is 3. The second-order valence-corrected chi connectivity index (χ2v) is 8.03. The zero-order valence-corrected chi connectivity index (χ0v) is 13.1. The van der Waals surface area contributed by atoms with Crippen LogP contribution in [-0.4, -0.2) is 17.1 Å². The summed E-state index contributed by atoms with van der Waals surface area (Å²) in [6.45, 7) is 7.06. The van der Waals surface area contributed by atoms with Crippen LogP contribution in [0.4, 0.5) is 0 Å². The van der Waals surface area contributed by atoms with E-state index in [1.165, 1.54) is 12.8 Å². The Bertz CT molecular complexity index is 587. The molecule has 0 spiro atoms. The molecule has 1 heterocycles. The number of carbonyl (C=O) groups is 1. The predicted octanol–water partition coefficient (Wildman–Crippen LogP) is 3.50. The molecule has 4 nitrogen and oxygen atoms in total. The Hall–Kier alpha value is -1.32. The van der Waals surface area contributed by atoms with Crippen molar-refractivity contribution < 1.29 is 9.32 Å². The molecule has 4 heteroatoms. The highest BCUT2D eigenvalue weighted by atomic mass is 16.5. The van der Waals surface area contributed by atoms with Gasteiger partial charge in [-0.05, 0) is 48.9 Å². The summed E-state index contributed by atoms with van der Waals surface area (Å²) in [6, 6.07) is 2.09. The summed E-state index contributed by atoms with van der Waals surface area (Å²) in [5.74, 6) is 2.03. The lowest BCUT2D eigenvalue weighted by atomic mass is 9.69. The normalized spacial score (nSPS) is 36.9. The molecule has 4 rings (SSSR count). The SMILES string of the molecule is CC1(C)C2CCC1(C)C(NC(=O)c1cc(C3CC3)on1)C2. The van der Waals surface area contributed by atoms with Crippen molar-refractivity contribution in [3.8, 4) is 0 Å². The van der Waals surface area contributed by atoms with Crippen molar-refractivity contribution in [1.82, 2.24) is 10.5 Å². The number of rotatable bonds is 3. The molecule has 3 aliphatic carbocycles. The molecule has 0 aromatic carbocycles. The monoisotopic (exact) mass is 288 g/mol. The lowest BCUT2D eigenvalue weighted by Crippen LogP contribution is -2.46. The van der Waals surface area contributed by atoms with Crippen molar-refractivity contribution in [2.24, 2.45) is 16.7 Å². The first-order valence-corrected chi connectivity index (χ1v) is 8.19. The van der Waals surface area contributed by atoms with Crippen LogP contribution in [0.25, 0.3) is 0 Å². The van der Waals surface area contributed by atoms with Gasteiger partial charge < -0.3 is 9.84 Å². The summed E-state index contributed by atoms with van der Waals surface area (Å²) >= 11 is 0. The molecular weight excluding hydrogens is 264 g/mol. The molecule has 0 saturated heterocycles. The molecule has 3 saturated carbocycles. The Balaban J connectivity index is 1.50. The lowest BCUT2D eigenvalue weighted by Gasteiger charge is -2.39. The average Bonchev–Trinajstić information content (AvgIpc) is 3.08. The first-order valence-electron chi connectivity index (χ1n) is 8.19. The van der Waals surface area contributed by atoms with E-state index >= 15 is 0 Å². The molecule has 1 aromatic rings. The van der Waals surface area contributed by atoms with Gasteiger partial charge in [0.15, 0.2) is 5.69 Å². The summed E-state index contributed by atoms with van der Waals surface area (Å²) in [5.41, 5.74) is 0.964. The van der Waals surface area contributed by atoms with E-state index in [-0.39, 0.29) is 17.4 Å². The Morgan fingerprint density at radius 1 is 1.33 bits per heavy atom. The lowest BCUT2D eigenvalue weighted by molar-refractivity contribution is 0.0818. The molecule has 114 valence electrons. The number of nitrogens with zero attached hydrogens (tertiary/aromatic N) is 1. The molecule has 0 aliphatic heterocycles. The second-order valence-electron chi connectivity index (χ2n) is 8.03. The van der Waals surface area contributed by atoms with Gasteiger partial charge in [-0.1, -0.05) is 25.9 Å². The highest BCUT2D eigenvalue weighted by Crippen LogP contribution is 2.65. The number of hydrogen-bond donors (Lipinski definition) is 1. The molecule has 2 bridgehead atoms. The van der Waals surface area contributed by atoms with E-state index in [4.69, 9.17) is 4.52 Å². The van der Waals surface area contributed by atoms with Gasteiger partial charge in [0.1, 0.15) is 5.76 Å². The van der Waals surface area contributed by atoms with Crippen LogP contribution >= 0.6 is 0 Å². The van der Waals surface area contributed by atoms with Crippen molar-refractivity contribution in [3.63, 3.8) is 0 Å². The van der Waals surface area contributed by atoms with Crippen molar-refractivity contribution in [2.75, 3.05) is 0 Å². The van der Waals surface area contributed by atoms with E-state index in [0.717, 1.165) is 30.9 Å². The number of amides is 1. The van der Waals surface area contributed by atoms with Gasteiger partial charge >= 0.3 is 0 Å². The third-order valence-electron chi connectivity index (χ3n) is 6.84. The minimum absolute atomic E-state index is 0.0692. The largest absolute Gasteiger partial charge is 0.360 e. The standard InChI is InChI=1S/C17H24N2O2/c1-16(2)11-6-7-17(16,3)14(8-11)18-15(20)12-9-13(21-19-12)10-4-5-10/h9-11,14H,4-8H2,1-3H3,(H,18,20). The van der Waals surface area contributed by atoms with Gasteiger partial charge in [0, 0.05) is 18.0 Å². The molecule has 1 N–H and O–H groups in total. The third kappa shape index (κ3) is 1.80. The second kappa shape index (κ2) is 4.11. The van der Waals surface area contributed by atoms with Gasteiger partial charge in [-0.25, -0.2) is 0 Å². The summed E-state index contributed by atoms with van der Waals surface area (Å²) in [7, 11) is 0. The van der Waals surface area contributed by atoms with Crippen molar-refractivity contribution in [3.05, 3.63) is 17.5 Å². The van der Waals surface area contributed by atoms with Gasteiger partial charge in [0.05, 0.1) is 0 Å². The molecule has 1 aromatic heterocycles. The highest BCUT2D eigenvalue weighted by molar-refractivity contribution is 5.92. The summed E-state index contributed by atoms with van der Waals surface area (Å²) in [5, 5.41) is 7.19. The van der Waals surface area contributed by atoms with E-state index in [1.54, 1.807) is 0 Å². The van der Waals surface area contributed by atoms with Gasteiger partial charge in [-0.2, -0.15) is 0 Å². The maximum atomic E-state index is 12.5. The molecule has 0 radical (unpaired) electrons. The first-order chi connectivity index (χ1) is 9.92. The summed E-state index contributed by atoms with van der Waals surface area (Å²) in [6.07, 6.45) is 5.93. The first kappa shape index (κ1) is 13.4. The zero-order chi connectivity index (χ0) is 14.8. The van der Waals surface area contributed by atoms with E-state index in [0.29, 0.717) is 17.0 Å². The van der Waals surface area contributed by atoms with E-state index < -0.39 is 0 Å². The molecule has 1 amide bonds. The molecule has 21 heavy (non-hydrogen) atoms. The van der Waals surface area contributed by atoms with Gasteiger partial charge in [0.25, 0.3) is 5.91 Å². The fourth-order valence-electron chi connectivity index (χ4n) is 4.61. The molecule has 3 unspecified atom stereocenters. The number of aromatic nitrogens is 1. The smallest absolute Gasteiger partial charge is 0.273 e. The van der Waals surface area contributed by atoms with Gasteiger partial charge in [0.2, 0.25) is 0 Å². The average molecular weight is 288 g/mol. The fourth-order valence-corrected chi connectivity index (χ4v) is 4.61. The van der Waals surface area contributed by atoms with Crippen LogP contribution in [0.15, 0.2) is 10.6 Å². The highest BCUT2D eigenvalue weighted by Gasteiger charge is 2.61. The molecule has 3 fully saturated rings. The molecule has 3 atom stereocenters. The van der Waals surface area contributed by atoms with Crippen LogP contribution in [-0.2, 0) is 0 Å². The van der Waals surface area contributed by atoms with Crippen LogP contribution in [0, 0.1) is 16.7 Å². The van der Waals surface area contributed by atoms with E-state index in [9.17, 15) is 4.79 Å². The van der Waals surface area contributed by atoms with Gasteiger partial charge in [-0.3, -0.25) is 4.79 Å². The zero-order valence-electron chi connectivity index (χ0n) is 13.1. The molecular formula is C17H24N2O2. The van der Waals surface area contributed by atoms with Crippen LogP contribution in [0.2, 0.25) is 0 Å². The topological polar surface area (TPSA) is 55.1 Å². The van der Waals surface area contributed by atoms with Crippen LogP contribution < -0.4 is 5.32 Å². The minimum atomic E-state index is -0.0692. The maximum absolute atomic E-state index is 12.5. The number of nitrogens with one attached hydrogen (secondary N) is 1. The summed E-state index contributed by atoms with van der Waals surface area (Å²) < 4.78 is 5.29. The third-order valence-corrected chi connectivity index (χ3v) is 6.84. The Labute approximate surface area is 125 Å².